The number of alkyl halides is 5. The number of hydrogen-bond donors (Lipinski definition) is 0. The van der Waals surface area contributed by atoms with Gasteiger partial charge in [0.15, 0.2) is 0 Å². The molecule has 0 aromatic heterocycles. The van der Waals surface area contributed by atoms with Crippen molar-refractivity contribution in [2.24, 2.45) is 5.41 Å². The van der Waals surface area contributed by atoms with Crippen LogP contribution in [0.25, 0.3) is 5.57 Å². The van der Waals surface area contributed by atoms with E-state index >= 15 is 0 Å². The van der Waals surface area contributed by atoms with Crippen LogP contribution in [0.1, 0.15) is 31.2 Å². The van der Waals surface area contributed by atoms with Crippen LogP contribution in [0.15, 0.2) is 58.3 Å². The van der Waals surface area contributed by atoms with Crippen molar-refractivity contribution in [1.82, 2.24) is 0 Å². The second kappa shape index (κ2) is 6.96. The minimum absolute atomic E-state index is 0.108. The van der Waals surface area contributed by atoms with Gasteiger partial charge in [0.05, 0.1) is 4.90 Å². The van der Waals surface area contributed by atoms with Crippen LogP contribution in [0.2, 0.25) is 0 Å². The first kappa shape index (κ1) is 22.1. The lowest BCUT2D eigenvalue weighted by atomic mass is 9.90. The van der Waals surface area contributed by atoms with Gasteiger partial charge in [0.2, 0.25) is 6.17 Å². The third-order valence-electron chi connectivity index (χ3n) is 6.18. The Morgan fingerprint density at radius 3 is 2.16 bits per heavy atom. The molecule has 1 saturated carbocycles. The molecule has 0 saturated heterocycles. The summed E-state index contributed by atoms with van der Waals surface area (Å²) in [5.74, 6) is -4.23. The topological polar surface area (TPSA) is 43.4 Å². The van der Waals surface area contributed by atoms with Crippen LogP contribution < -0.4 is 0 Å². The number of methoxy groups -OCH3 is 1. The summed E-state index contributed by atoms with van der Waals surface area (Å²) in [4.78, 5) is -0.904. The lowest BCUT2D eigenvalue weighted by molar-refractivity contribution is -0.125. The number of ether oxygens (including phenoxy) is 1. The van der Waals surface area contributed by atoms with Crippen LogP contribution in [0.3, 0.4) is 0 Å². The molecule has 2 atom stereocenters. The quantitative estimate of drug-likeness (QED) is 0.533. The van der Waals surface area contributed by atoms with E-state index in [1.165, 1.54) is 12.1 Å². The number of hydrogen-bond acceptors (Lipinski definition) is 3. The van der Waals surface area contributed by atoms with Crippen LogP contribution in [-0.4, -0.2) is 33.1 Å². The van der Waals surface area contributed by atoms with E-state index < -0.39 is 38.1 Å². The zero-order chi connectivity index (χ0) is 22.8. The largest absolute Gasteiger partial charge is 0.501 e. The van der Waals surface area contributed by atoms with E-state index in [9.17, 15) is 34.8 Å². The van der Waals surface area contributed by atoms with Gasteiger partial charge in [-0.15, -0.1) is 0 Å². The molecule has 1 spiro atoms. The monoisotopic (exact) mass is 464 g/mol. The summed E-state index contributed by atoms with van der Waals surface area (Å²) in [7, 11) is -4.57. The van der Waals surface area contributed by atoms with Crippen LogP contribution in [-0.2, 0) is 14.6 Å². The zero-order valence-corrected chi connectivity index (χ0v) is 17.1. The average molecular weight is 464 g/mol. The number of sulfone groups is 1. The molecule has 3 aliphatic rings. The Labute approximate surface area is 175 Å². The molecule has 3 nitrogen and oxygen atoms in total. The minimum Gasteiger partial charge on any atom is -0.343 e. The fourth-order valence-electron chi connectivity index (χ4n) is 4.15. The third-order valence-corrected chi connectivity index (χ3v) is 7.69. The lowest BCUT2D eigenvalue weighted by Gasteiger charge is -2.28. The summed E-state index contributed by atoms with van der Waals surface area (Å²) in [6, 6.07) is 4.14. The molecule has 0 amide bonds. The minimum atomic E-state index is -5.49. The van der Waals surface area contributed by atoms with Crippen molar-refractivity contribution in [3.63, 3.8) is 0 Å². The van der Waals surface area contributed by atoms with E-state index in [4.69, 9.17) is 0 Å². The first-order chi connectivity index (χ1) is 14.3. The van der Waals surface area contributed by atoms with Gasteiger partial charge in [-0.3, -0.25) is 0 Å². The second-order valence-corrected chi connectivity index (χ2v) is 10.1. The number of rotatable bonds is 4. The van der Waals surface area contributed by atoms with E-state index in [2.05, 4.69) is 4.74 Å². The number of benzene rings is 1. The molecule has 2 unspecified atom stereocenters. The van der Waals surface area contributed by atoms with Gasteiger partial charge in [-0.25, -0.2) is 21.6 Å². The molecule has 0 heterocycles. The van der Waals surface area contributed by atoms with Gasteiger partial charge >= 0.3 is 5.51 Å². The molecule has 168 valence electrons. The Hall–Kier alpha value is -2.07. The fraction of sp³-hybridized carbons (Fsp3) is 0.429. The van der Waals surface area contributed by atoms with Crippen molar-refractivity contribution >= 4 is 15.4 Å². The predicted octanol–water partition coefficient (Wildman–Crippen LogP) is 5.75. The summed E-state index contributed by atoms with van der Waals surface area (Å²) in [6.07, 6.45) is 1.87. The van der Waals surface area contributed by atoms with Gasteiger partial charge in [-0.1, -0.05) is 18.2 Å². The highest BCUT2D eigenvalue weighted by Gasteiger charge is 2.51. The van der Waals surface area contributed by atoms with Gasteiger partial charge < -0.3 is 4.74 Å². The van der Waals surface area contributed by atoms with E-state index in [1.807, 2.05) is 0 Å². The number of allylic oxidation sites excluding steroid dienone is 4. The Morgan fingerprint density at radius 2 is 1.65 bits per heavy atom. The molecule has 3 aliphatic carbocycles. The molecular formula is C21H18F6O3S. The van der Waals surface area contributed by atoms with Crippen molar-refractivity contribution in [3.05, 3.63) is 59.0 Å². The Balaban J connectivity index is 1.76. The predicted molar refractivity (Wildman–Crippen MR) is 101 cm³/mol. The zero-order valence-electron chi connectivity index (χ0n) is 16.3. The van der Waals surface area contributed by atoms with E-state index in [-0.39, 0.29) is 11.0 Å². The van der Waals surface area contributed by atoms with Crippen molar-refractivity contribution in [2.45, 2.75) is 48.1 Å². The Kier molecular flexibility index (Phi) is 4.97. The molecule has 1 aromatic carbocycles. The molecule has 1 aromatic rings. The molecular weight excluding hydrogens is 446 g/mol. The molecule has 4 rings (SSSR count). The van der Waals surface area contributed by atoms with E-state index in [0.29, 0.717) is 29.6 Å². The third kappa shape index (κ3) is 3.53. The summed E-state index contributed by atoms with van der Waals surface area (Å²) in [5.41, 5.74) is -4.24. The molecule has 0 aliphatic heterocycles. The standard InChI is InChI=1S/C21H18F6O3S/c1-30-20(24)7-6-14(17(22)18(20)23)16-11-19(8-9-19)10-15(16)12-2-4-13(5-3-12)31(28,29)21(25,26)27/h2-7,18H,8-11H2,1H3. The van der Waals surface area contributed by atoms with Crippen molar-refractivity contribution in [2.75, 3.05) is 7.11 Å². The van der Waals surface area contributed by atoms with Crippen LogP contribution in [0.5, 0.6) is 0 Å². The highest BCUT2D eigenvalue weighted by atomic mass is 32.2. The maximum Gasteiger partial charge on any atom is 0.501 e. The highest BCUT2D eigenvalue weighted by molar-refractivity contribution is 7.92. The molecule has 31 heavy (non-hydrogen) atoms. The van der Waals surface area contributed by atoms with E-state index in [0.717, 1.165) is 44.2 Å². The average Bonchev–Trinajstić information content (AvgIpc) is 3.37. The maximum atomic E-state index is 14.8. The van der Waals surface area contributed by atoms with Crippen LogP contribution in [0.4, 0.5) is 26.3 Å². The first-order valence-corrected chi connectivity index (χ1v) is 10.9. The Bertz CT molecular complexity index is 1110. The molecule has 0 bridgehead atoms. The number of halogens is 6. The maximum absolute atomic E-state index is 14.8. The van der Waals surface area contributed by atoms with Crippen LogP contribution >= 0.6 is 0 Å². The van der Waals surface area contributed by atoms with Crippen molar-refractivity contribution in [1.29, 1.82) is 0 Å². The van der Waals surface area contributed by atoms with Crippen molar-refractivity contribution < 1.29 is 39.5 Å². The molecule has 0 N–H and O–H groups in total. The second-order valence-electron chi connectivity index (χ2n) is 8.14. The van der Waals surface area contributed by atoms with Gasteiger partial charge in [-0.05, 0) is 66.0 Å². The summed E-state index contributed by atoms with van der Waals surface area (Å²) in [6.45, 7) is 0. The SMILES string of the molecule is COC1(F)C=CC(C2=C(c3ccc(S(=O)(=O)C(F)(F)F)cc3)CC3(CC3)C2)=C(F)C1F. The lowest BCUT2D eigenvalue weighted by Crippen LogP contribution is -2.37. The van der Waals surface area contributed by atoms with Gasteiger partial charge in [-0.2, -0.15) is 13.2 Å². The summed E-state index contributed by atoms with van der Waals surface area (Å²) < 4.78 is 109. The highest BCUT2D eigenvalue weighted by Crippen LogP contribution is 2.63. The van der Waals surface area contributed by atoms with E-state index in [1.54, 1.807) is 0 Å². The smallest absolute Gasteiger partial charge is 0.343 e. The first-order valence-electron chi connectivity index (χ1n) is 9.45. The summed E-state index contributed by atoms with van der Waals surface area (Å²) in [5, 5.41) is 0. The normalized spacial score (nSPS) is 28.0. The van der Waals surface area contributed by atoms with Crippen LogP contribution in [0, 0.1) is 5.41 Å². The molecule has 1 fully saturated rings. The summed E-state index contributed by atoms with van der Waals surface area (Å²) >= 11 is 0. The molecule has 10 heteroatoms. The van der Waals surface area contributed by atoms with Gasteiger partial charge in [0.25, 0.3) is 15.7 Å². The van der Waals surface area contributed by atoms with Crippen molar-refractivity contribution in [3.8, 4) is 0 Å². The molecule has 0 radical (unpaired) electrons. The Morgan fingerprint density at radius 1 is 1.06 bits per heavy atom. The fourth-order valence-corrected chi connectivity index (χ4v) is 4.91. The van der Waals surface area contributed by atoms with Gasteiger partial charge in [0.1, 0.15) is 5.83 Å². The van der Waals surface area contributed by atoms with Gasteiger partial charge in [0, 0.05) is 12.7 Å².